The van der Waals surface area contributed by atoms with Crippen LogP contribution in [0.1, 0.15) is 50.2 Å². The van der Waals surface area contributed by atoms with Crippen LogP contribution in [0.15, 0.2) is 0 Å². The fraction of sp³-hybridized carbons (Fsp3) is 0.833. The zero-order chi connectivity index (χ0) is 11.4. The van der Waals surface area contributed by atoms with Crippen molar-refractivity contribution in [2.24, 2.45) is 0 Å². The van der Waals surface area contributed by atoms with Gasteiger partial charge in [-0.2, -0.15) is 0 Å². The van der Waals surface area contributed by atoms with Crippen LogP contribution in [-0.4, -0.2) is 27.9 Å². The van der Waals surface area contributed by atoms with Gasteiger partial charge in [0.15, 0.2) is 0 Å². The summed E-state index contributed by atoms with van der Waals surface area (Å²) < 4.78 is 2.31. The molecule has 1 unspecified atom stereocenters. The SMILES string of the molecule is CCCCn1c(C)nnc1C1CCCNC1. The van der Waals surface area contributed by atoms with Crippen LogP contribution in [0.3, 0.4) is 0 Å². The van der Waals surface area contributed by atoms with Crippen LogP contribution in [0.5, 0.6) is 0 Å². The molecule has 0 spiro atoms. The number of aromatic nitrogens is 3. The number of nitrogens with zero attached hydrogens (tertiary/aromatic N) is 3. The predicted octanol–water partition coefficient (Wildman–Crippen LogP) is 1.85. The number of hydrogen-bond donors (Lipinski definition) is 1. The first kappa shape index (κ1) is 11.6. The zero-order valence-corrected chi connectivity index (χ0v) is 10.4. The number of piperidine rings is 1. The molecule has 1 aliphatic rings. The molecule has 0 radical (unpaired) electrons. The summed E-state index contributed by atoms with van der Waals surface area (Å²) in [5.74, 6) is 2.82. The second-order valence-electron chi connectivity index (χ2n) is 4.65. The van der Waals surface area contributed by atoms with E-state index < -0.39 is 0 Å². The van der Waals surface area contributed by atoms with Gasteiger partial charge in [-0.05, 0) is 32.7 Å². The number of unbranched alkanes of at least 4 members (excludes halogenated alkanes) is 1. The van der Waals surface area contributed by atoms with Gasteiger partial charge < -0.3 is 9.88 Å². The molecule has 4 heteroatoms. The molecule has 1 N–H and O–H groups in total. The van der Waals surface area contributed by atoms with E-state index >= 15 is 0 Å². The Labute approximate surface area is 97.5 Å². The topological polar surface area (TPSA) is 42.7 Å². The zero-order valence-electron chi connectivity index (χ0n) is 10.4. The first-order valence-corrected chi connectivity index (χ1v) is 6.43. The Balaban J connectivity index is 2.12. The lowest BCUT2D eigenvalue weighted by Crippen LogP contribution is -2.30. The molecule has 1 fully saturated rings. The maximum Gasteiger partial charge on any atom is 0.137 e. The first-order chi connectivity index (χ1) is 7.83. The molecule has 0 saturated carbocycles. The maximum absolute atomic E-state index is 4.37. The molecule has 2 heterocycles. The number of nitrogens with one attached hydrogen (secondary N) is 1. The molecule has 90 valence electrons. The van der Waals surface area contributed by atoms with Gasteiger partial charge in [0.05, 0.1) is 0 Å². The summed E-state index contributed by atoms with van der Waals surface area (Å²) in [6.45, 7) is 7.56. The van der Waals surface area contributed by atoms with Gasteiger partial charge in [0, 0.05) is 19.0 Å². The third-order valence-corrected chi connectivity index (χ3v) is 3.36. The van der Waals surface area contributed by atoms with E-state index in [9.17, 15) is 0 Å². The van der Waals surface area contributed by atoms with Gasteiger partial charge >= 0.3 is 0 Å². The van der Waals surface area contributed by atoms with Gasteiger partial charge in [-0.25, -0.2) is 0 Å². The van der Waals surface area contributed by atoms with Crippen molar-refractivity contribution in [2.75, 3.05) is 13.1 Å². The average Bonchev–Trinajstić information content (AvgIpc) is 2.69. The minimum atomic E-state index is 0.562. The van der Waals surface area contributed by atoms with E-state index in [1.54, 1.807) is 0 Å². The third-order valence-electron chi connectivity index (χ3n) is 3.36. The lowest BCUT2D eigenvalue weighted by molar-refractivity contribution is 0.427. The number of rotatable bonds is 4. The van der Waals surface area contributed by atoms with Crippen LogP contribution >= 0.6 is 0 Å². The van der Waals surface area contributed by atoms with Crippen LogP contribution in [0.2, 0.25) is 0 Å². The van der Waals surface area contributed by atoms with Crippen LogP contribution in [0.4, 0.5) is 0 Å². The van der Waals surface area contributed by atoms with Crippen molar-refractivity contribution >= 4 is 0 Å². The summed E-state index contributed by atoms with van der Waals surface area (Å²) in [5.41, 5.74) is 0. The van der Waals surface area contributed by atoms with E-state index in [-0.39, 0.29) is 0 Å². The van der Waals surface area contributed by atoms with Gasteiger partial charge in [0.1, 0.15) is 11.6 Å². The van der Waals surface area contributed by atoms with Gasteiger partial charge in [0.25, 0.3) is 0 Å². The number of aryl methyl sites for hydroxylation is 1. The molecule has 2 rings (SSSR count). The van der Waals surface area contributed by atoms with Crippen molar-refractivity contribution in [2.45, 2.75) is 52.0 Å². The highest BCUT2D eigenvalue weighted by atomic mass is 15.3. The second-order valence-corrected chi connectivity index (χ2v) is 4.65. The number of hydrogen-bond acceptors (Lipinski definition) is 3. The molecule has 1 atom stereocenters. The lowest BCUT2D eigenvalue weighted by Gasteiger charge is -2.22. The van der Waals surface area contributed by atoms with Crippen LogP contribution in [0, 0.1) is 6.92 Å². The van der Waals surface area contributed by atoms with Gasteiger partial charge in [-0.15, -0.1) is 10.2 Å². The van der Waals surface area contributed by atoms with Crippen LogP contribution in [0.25, 0.3) is 0 Å². The first-order valence-electron chi connectivity index (χ1n) is 6.43. The van der Waals surface area contributed by atoms with Crippen molar-refractivity contribution in [1.29, 1.82) is 0 Å². The predicted molar refractivity (Wildman–Crippen MR) is 64.5 cm³/mol. The Hall–Kier alpha value is -0.900. The van der Waals surface area contributed by atoms with E-state index in [1.807, 2.05) is 0 Å². The second kappa shape index (κ2) is 5.43. The molecule has 1 aromatic heterocycles. The van der Waals surface area contributed by atoms with E-state index in [2.05, 4.69) is 33.9 Å². The Morgan fingerprint density at radius 1 is 1.44 bits per heavy atom. The lowest BCUT2D eigenvalue weighted by atomic mass is 9.99. The third kappa shape index (κ3) is 2.43. The highest BCUT2D eigenvalue weighted by Crippen LogP contribution is 2.22. The van der Waals surface area contributed by atoms with E-state index in [0.29, 0.717) is 5.92 Å². The van der Waals surface area contributed by atoms with Crippen molar-refractivity contribution in [3.8, 4) is 0 Å². The summed E-state index contributed by atoms with van der Waals surface area (Å²) in [6, 6.07) is 0. The van der Waals surface area contributed by atoms with Gasteiger partial charge in [-0.3, -0.25) is 0 Å². The summed E-state index contributed by atoms with van der Waals surface area (Å²) in [5, 5.41) is 12.0. The van der Waals surface area contributed by atoms with E-state index in [1.165, 1.54) is 31.5 Å². The summed E-state index contributed by atoms with van der Waals surface area (Å²) >= 11 is 0. The molecule has 0 bridgehead atoms. The largest absolute Gasteiger partial charge is 0.316 e. The van der Waals surface area contributed by atoms with Crippen molar-refractivity contribution < 1.29 is 0 Å². The van der Waals surface area contributed by atoms with Crippen molar-refractivity contribution in [1.82, 2.24) is 20.1 Å². The fourth-order valence-corrected chi connectivity index (χ4v) is 2.36. The molecule has 1 aliphatic heterocycles. The molecule has 4 nitrogen and oxygen atoms in total. The summed E-state index contributed by atoms with van der Waals surface area (Å²) in [7, 11) is 0. The quantitative estimate of drug-likeness (QED) is 0.845. The average molecular weight is 222 g/mol. The van der Waals surface area contributed by atoms with E-state index in [4.69, 9.17) is 0 Å². The standard InChI is InChI=1S/C12H22N4/c1-3-4-8-16-10(2)14-15-12(16)11-6-5-7-13-9-11/h11,13H,3-9H2,1-2H3. The Kier molecular flexibility index (Phi) is 3.93. The summed E-state index contributed by atoms with van der Waals surface area (Å²) in [4.78, 5) is 0. The normalized spacial score (nSPS) is 21.2. The molecule has 1 aromatic rings. The molecule has 16 heavy (non-hydrogen) atoms. The van der Waals surface area contributed by atoms with Gasteiger partial charge in [0.2, 0.25) is 0 Å². The van der Waals surface area contributed by atoms with Crippen molar-refractivity contribution in [3.63, 3.8) is 0 Å². The highest BCUT2D eigenvalue weighted by Gasteiger charge is 2.21. The molecule has 0 aromatic carbocycles. The smallest absolute Gasteiger partial charge is 0.137 e. The van der Waals surface area contributed by atoms with Crippen LogP contribution < -0.4 is 5.32 Å². The van der Waals surface area contributed by atoms with Crippen molar-refractivity contribution in [3.05, 3.63) is 11.6 Å². The van der Waals surface area contributed by atoms with Crippen LogP contribution in [-0.2, 0) is 6.54 Å². The summed E-state index contributed by atoms with van der Waals surface area (Å²) in [6.07, 6.45) is 4.94. The molecule has 0 amide bonds. The Bertz CT molecular complexity index is 326. The maximum atomic E-state index is 4.37. The highest BCUT2D eigenvalue weighted by molar-refractivity contribution is 5.03. The molecular formula is C12H22N4. The monoisotopic (exact) mass is 222 g/mol. The molecule has 0 aliphatic carbocycles. The minimum absolute atomic E-state index is 0.562. The minimum Gasteiger partial charge on any atom is -0.316 e. The van der Waals surface area contributed by atoms with E-state index in [0.717, 1.165) is 25.5 Å². The fourth-order valence-electron chi connectivity index (χ4n) is 2.36. The Morgan fingerprint density at radius 3 is 3.00 bits per heavy atom. The Morgan fingerprint density at radius 2 is 2.31 bits per heavy atom. The molecule has 1 saturated heterocycles. The van der Waals surface area contributed by atoms with Gasteiger partial charge in [-0.1, -0.05) is 13.3 Å². The molecular weight excluding hydrogens is 200 g/mol.